The molecule has 2 rings (SSSR count). The molecule has 0 atom stereocenters. The minimum atomic E-state index is -4.02. The SMILES string of the molecule is CC(C)(CO)CO.Cc1ccc(S(=O)(=O)O)cc1.Cc1ccc(S(=O)(=O)O)cc1. The van der Waals surface area contributed by atoms with Gasteiger partial charge in [0.05, 0.1) is 23.0 Å². The van der Waals surface area contributed by atoms with Gasteiger partial charge in [0.1, 0.15) is 0 Å². The fourth-order valence-corrected chi connectivity index (χ4v) is 2.43. The molecule has 0 aliphatic carbocycles. The van der Waals surface area contributed by atoms with Crippen LogP contribution < -0.4 is 0 Å². The van der Waals surface area contributed by atoms with Crippen LogP contribution in [0.4, 0.5) is 0 Å². The molecule has 4 N–H and O–H groups in total. The zero-order chi connectivity index (χ0) is 22.9. The van der Waals surface area contributed by atoms with Crippen molar-refractivity contribution in [3.63, 3.8) is 0 Å². The van der Waals surface area contributed by atoms with Crippen LogP contribution in [0.25, 0.3) is 0 Å². The fourth-order valence-electron chi connectivity index (χ4n) is 1.47. The Morgan fingerprint density at radius 1 is 0.655 bits per heavy atom. The van der Waals surface area contributed by atoms with E-state index in [1.807, 2.05) is 13.8 Å². The number of rotatable bonds is 4. The molecule has 29 heavy (non-hydrogen) atoms. The fraction of sp³-hybridized carbons (Fsp3) is 0.368. The summed E-state index contributed by atoms with van der Waals surface area (Å²) in [5, 5.41) is 16.9. The average molecular weight is 449 g/mol. The lowest BCUT2D eigenvalue weighted by atomic mass is 9.97. The summed E-state index contributed by atoms with van der Waals surface area (Å²) in [6, 6.07) is 12.0. The third kappa shape index (κ3) is 11.7. The van der Waals surface area contributed by atoms with Crippen LogP contribution in [0.15, 0.2) is 58.3 Å². The van der Waals surface area contributed by atoms with Crippen molar-refractivity contribution in [3.8, 4) is 0 Å². The van der Waals surface area contributed by atoms with E-state index in [0.29, 0.717) is 0 Å². The maximum absolute atomic E-state index is 10.5. The highest BCUT2D eigenvalue weighted by Crippen LogP contribution is 2.10. The first-order chi connectivity index (χ1) is 13.1. The zero-order valence-corrected chi connectivity index (χ0v) is 18.4. The molecule has 164 valence electrons. The summed E-state index contributed by atoms with van der Waals surface area (Å²) in [6.07, 6.45) is 0. The molecule has 0 aliphatic heterocycles. The quantitative estimate of drug-likeness (QED) is 0.521. The lowest BCUT2D eigenvalue weighted by molar-refractivity contribution is 0.0857. The van der Waals surface area contributed by atoms with Crippen molar-refractivity contribution in [2.45, 2.75) is 37.5 Å². The summed E-state index contributed by atoms with van der Waals surface area (Å²) in [5.41, 5.74) is 1.61. The van der Waals surface area contributed by atoms with E-state index in [4.69, 9.17) is 19.3 Å². The Morgan fingerprint density at radius 3 is 1.03 bits per heavy atom. The third-order valence-electron chi connectivity index (χ3n) is 3.49. The van der Waals surface area contributed by atoms with Gasteiger partial charge in [-0.1, -0.05) is 49.2 Å². The molecule has 0 amide bonds. The Labute approximate surface area is 172 Å². The molecule has 0 spiro atoms. The molecule has 10 heteroatoms. The van der Waals surface area contributed by atoms with Gasteiger partial charge in [0.2, 0.25) is 0 Å². The van der Waals surface area contributed by atoms with Gasteiger partial charge in [-0.15, -0.1) is 0 Å². The maximum Gasteiger partial charge on any atom is 0.294 e. The Balaban J connectivity index is 0.000000419. The first-order valence-electron chi connectivity index (χ1n) is 8.42. The van der Waals surface area contributed by atoms with Crippen LogP contribution in [0.2, 0.25) is 0 Å². The Bertz CT molecular complexity index is 867. The van der Waals surface area contributed by atoms with E-state index >= 15 is 0 Å². The highest BCUT2D eigenvalue weighted by molar-refractivity contribution is 7.86. The van der Waals surface area contributed by atoms with Crippen molar-refractivity contribution in [1.82, 2.24) is 0 Å². The minimum absolute atomic E-state index is 0.0451. The molecule has 0 unspecified atom stereocenters. The first kappa shape index (κ1) is 27.2. The van der Waals surface area contributed by atoms with Gasteiger partial charge in [-0.3, -0.25) is 9.11 Å². The lowest BCUT2D eigenvalue weighted by Crippen LogP contribution is -2.20. The van der Waals surface area contributed by atoms with Crippen LogP contribution in [-0.2, 0) is 20.2 Å². The number of aliphatic hydroxyl groups excluding tert-OH is 2. The van der Waals surface area contributed by atoms with Crippen LogP contribution in [-0.4, -0.2) is 49.4 Å². The van der Waals surface area contributed by atoms with Gasteiger partial charge in [0.25, 0.3) is 20.2 Å². The average Bonchev–Trinajstić information content (AvgIpc) is 2.62. The molecule has 0 aromatic heterocycles. The largest absolute Gasteiger partial charge is 0.396 e. The van der Waals surface area contributed by atoms with E-state index in [1.54, 1.807) is 38.1 Å². The van der Waals surface area contributed by atoms with Crippen molar-refractivity contribution in [3.05, 3.63) is 59.7 Å². The maximum atomic E-state index is 10.5. The van der Waals surface area contributed by atoms with Gasteiger partial charge in [0, 0.05) is 5.41 Å². The molecule has 0 saturated heterocycles. The summed E-state index contributed by atoms with van der Waals surface area (Å²) in [4.78, 5) is -0.133. The molecule has 0 radical (unpaired) electrons. The molecule has 0 heterocycles. The monoisotopic (exact) mass is 448 g/mol. The normalized spacial score (nSPS) is 11.6. The van der Waals surface area contributed by atoms with Gasteiger partial charge in [-0.2, -0.15) is 16.8 Å². The smallest absolute Gasteiger partial charge is 0.294 e. The van der Waals surface area contributed by atoms with Gasteiger partial charge in [-0.05, 0) is 38.1 Å². The molecule has 2 aromatic rings. The molecule has 0 saturated carbocycles. The summed E-state index contributed by atoms with van der Waals surface area (Å²) in [7, 11) is -8.04. The summed E-state index contributed by atoms with van der Waals surface area (Å²) in [6.45, 7) is 7.37. The highest BCUT2D eigenvalue weighted by atomic mass is 32.2. The van der Waals surface area contributed by atoms with Crippen molar-refractivity contribution >= 4 is 20.2 Å². The molecular weight excluding hydrogens is 420 g/mol. The first-order valence-corrected chi connectivity index (χ1v) is 11.3. The predicted octanol–water partition coefficient (Wildman–Crippen LogP) is 2.48. The van der Waals surface area contributed by atoms with Crippen LogP contribution in [0.3, 0.4) is 0 Å². The number of benzene rings is 2. The summed E-state index contributed by atoms with van der Waals surface area (Å²) < 4.78 is 59.1. The number of aliphatic hydroxyl groups is 2. The number of hydrogen-bond donors (Lipinski definition) is 4. The van der Waals surface area contributed by atoms with E-state index in [0.717, 1.165) is 11.1 Å². The van der Waals surface area contributed by atoms with Crippen LogP contribution in [0, 0.1) is 19.3 Å². The summed E-state index contributed by atoms with van der Waals surface area (Å²) in [5.74, 6) is 0. The molecule has 8 nitrogen and oxygen atoms in total. The second-order valence-electron chi connectivity index (χ2n) is 7.06. The number of hydrogen-bond acceptors (Lipinski definition) is 6. The second-order valence-corrected chi connectivity index (χ2v) is 9.90. The van der Waals surface area contributed by atoms with Crippen molar-refractivity contribution in [1.29, 1.82) is 0 Å². The van der Waals surface area contributed by atoms with Crippen LogP contribution in [0.5, 0.6) is 0 Å². The van der Waals surface area contributed by atoms with E-state index in [2.05, 4.69) is 0 Å². The van der Waals surface area contributed by atoms with E-state index in [9.17, 15) is 16.8 Å². The van der Waals surface area contributed by atoms with Gasteiger partial charge >= 0.3 is 0 Å². The number of aryl methyl sites for hydroxylation is 2. The van der Waals surface area contributed by atoms with E-state index in [-0.39, 0.29) is 28.4 Å². The topological polar surface area (TPSA) is 149 Å². The molecule has 0 bridgehead atoms. The van der Waals surface area contributed by atoms with Gasteiger partial charge < -0.3 is 10.2 Å². The zero-order valence-electron chi connectivity index (χ0n) is 16.8. The Hall–Kier alpha value is -1.82. The Kier molecular flexibility index (Phi) is 10.7. The minimum Gasteiger partial charge on any atom is -0.396 e. The van der Waals surface area contributed by atoms with Gasteiger partial charge in [0.15, 0.2) is 0 Å². The predicted molar refractivity (Wildman–Crippen MR) is 110 cm³/mol. The van der Waals surface area contributed by atoms with Crippen LogP contribution in [0.1, 0.15) is 25.0 Å². The molecule has 0 fully saturated rings. The highest BCUT2D eigenvalue weighted by Gasteiger charge is 2.13. The van der Waals surface area contributed by atoms with Crippen molar-refractivity contribution < 1.29 is 36.2 Å². The molecule has 0 aliphatic rings. The van der Waals surface area contributed by atoms with Crippen molar-refractivity contribution in [2.75, 3.05) is 13.2 Å². The Morgan fingerprint density at radius 2 is 0.897 bits per heavy atom. The molecular formula is C19H28O8S2. The second kappa shape index (κ2) is 11.4. The van der Waals surface area contributed by atoms with E-state index in [1.165, 1.54) is 24.3 Å². The summed E-state index contributed by atoms with van der Waals surface area (Å²) >= 11 is 0. The molecule has 2 aromatic carbocycles. The van der Waals surface area contributed by atoms with Crippen molar-refractivity contribution in [2.24, 2.45) is 5.41 Å². The standard InChI is InChI=1S/2C7H8O3S.C5H12O2/c2*1-6-2-4-7(5-3-6)11(8,9)10;1-5(2,3-6)4-7/h2*2-5H,1H3,(H,8,9,10);6-7H,3-4H2,1-2H3. The lowest BCUT2D eigenvalue weighted by Gasteiger charge is -2.16. The van der Waals surface area contributed by atoms with Gasteiger partial charge in [-0.25, -0.2) is 0 Å². The van der Waals surface area contributed by atoms with Crippen LogP contribution >= 0.6 is 0 Å². The van der Waals surface area contributed by atoms with E-state index < -0.39 is 20.2 Å². The third-order valence-corrected chi connectivity index (χ3v) is 5.23.